The van der Waals surface area contributed by atoms with E-state index >= 15 is 0 Å². The van der Waals surface area contributed by atoms with Crippen molar-refractivity contribution in [1.82, 2.24) is 5.43 Å². The molecular formula is C23H23N5O. The highest BCUT2D eigenvalue weighted by Crippen LogP contribution is 2.16. The van der Waals surface area contributed by atoms with E-state index < -0.39 is 0 Å². The van der Waals surface area contributed by atoms with Crippen LogP contribution in [0.4, 0.5) is 11.4 Å². The average Bonchev–Trinajstić information content (AvgIpc) is 2.75. The molecule has 0 aliphatic rings. The maximum absolute atomic E-state index is 12.4. The average molecular weight is 385 g/mol. The molecule has 0 radical (unpaired) electrons. The number of hydrogen-bond donors (Lipinski definition) is 1. The lowest BCUT2D eigenvalue weighted by molar-refractivity contribution is 0.0955. The number of aryl methyl sites for hydroxylation is 1. The zero-order chi connectivity index (χ0) is 20.6. The largest absolute Gasteiger partial charge is 0.378 e. The summed E-state index contributed by atoms with van der Waals surface area (Å²) in [6, 6.07) is 24.4. The summed E-state index contributed by atoms with van der Waals surface area (Å²) in [5.41, 5.74) is 6.70. The summed E-state index contributed by atoms with van der Waals surface area (Å²) in [6.45, 7) is 1.97. The SMILES string of the molecule is Cc1ccc(C(=O)N/N=C(\N=Nc2ccccc2)c2ccc(N(C)C)cc2)cc1. The van der Waals surface area contributed by atoms with Crippen molar-refractivity contribution in [2.24, 2.45) is 15.3 Å². The molecule has 29 heavy (non-hydrogen) atoms. The van der Waals surface area contributed by atoms with E-state index in [0.717, 1.165) is 16.8 Å². The standard InChI is InChI=1S/C23H23N5O/c1-17-9-11-19(12-10-17)23(29)27-26-22(25-24-20-7-5-4-6-8-20)18-13-15-21(16-14-18)28(2)3/h4-16H,1-3H3,(H,27,29)/b25-24?,26-22-. The molecule has 0 spiro atoms. The minimum Gasteiger partial charge on any atom is -0.378 e. The van der Waals surface area contributed by atoms with Crippen LogP contribution in [0.25, 0.3) is 0 Å². The van der Waals surface area contributed by atoms with Crippen LogP contribution in [-0.2, 0) is 0 Å². The van der Waals surface area contributed by atoms with Crippen LogP contribution in [0.5, 0.6) is 0 Å². The van der Waals surface area contributed by atoms with Crippen LogP contribution < -0.4 is 10.3 Å². The fourth-order valence-electron chi connectivity index (χ4n) is 2.53. The number of nitrogens with zero attached hydrogens (tertiary/aromatic N) is 4. The molecule has 0 unspecified atom stereocenters. The number of rotatable bonds is 5. The number of benzene rings is 3. The van der Waals surface area contributed by atoms with Crippen molar-refractivity contribution >= 4 is 23.1 Å². The third-order valence-corrected chi connectivity index (χ3v) is 4.24. The highest BCUT2D eigenvalue weighted by Gasteiger charge is 2.08. The molecule has 0 aliphatic heterocycles. The van der Waals surface area contributed by atoms with Gasteiger partial charge in [0.1, 0.15) is 0 Å². The van der Waals surface area contributed by atoms with Gasteiger partial charge in [0.25, 0.3) is 5.91 Å². The predicted octanol–water partition coefficient (Wildman–Crippen LogP) is 4.94. The van der Waals surface area contributed by atoms with Gasteiger partial charge in [-0.05, 0) is 55.5 Å². The highest BCUT2D eigenvalue weighted by molar-refractivity contribution is 6.01. The molecule has 0 aliphatic carbocycles. The van der Waals surface area contributed by atoms with Crippen molar-refractivity contribution in [3.05, 3.63) is 95.6 Å². The lowest BCUT2D eigenvalue weighted by Gasteiger charge is -2.12. The Morgan fingerprint density at radius 1 is 0.828 bits per heavy atom. The molecule has 1 N–H and O–H groups in total. The zero-order valence-corrected chi connectivity index (χ0v) is 16.7. The lowest BCUT2D eigenvalue weighted by atomic mass is 10.1. The van der Waals surface area contributed by atoms with Gasteiger partial charge < -0.3 is 4.90 Å². The Labute approximate surface area is 170 Å². The molecule has 0 atom stereocenters. The van der Waals surface area contributed by atoms with Gasteiger partial charge in [-0.3, -0.25) is 4.79 Å². The second-order valence-electron chi connectivity index (χ2n) is 6.72. The normalized spacial score (nSPS) is 11.5. The summed E-state index contributed by atoms with van der Waals surface area (Å²) in [6.07, 6.45) is 0. The van der Waals surface area contributed by atoms with E-state index in [1.807, 2.05) is 92.6 Å². The molecule has 6 heteroatoms. The lowest BCUT2D eigenvalue weighted by Crippen LogP contribution is -2.19. The van der Waals surface area contributed by atoms with Crippen LogP contribution in [0, 0.1) is 6.92 Å². The number of azo groups is 1. The Morgan fingerprint density at radius 2 is 1.45 bits per heavy atom. The van der Waals surface area contributed by atoms with Crippen molar-refractivity contribution in [2.75, 3.05) is 19.0 Å². The van der Waals surface area contributed by atoms with E-state index in [-0.39, 0.29) is 5.91 Å². The van der Waals surface area contributed by atoms with E-state index in [1.165, 1.54) is 0 Å². The summed E-state index contributed by atoms with van der Waals surface area (Å²) in [7, 11) is 3.95. The number of amides is 1. The first-order valence-corrected chi connectivity index (χ1v) is 9.22. The second kappa shape index (κ2) is 9.41. The molecule has 0 fully saturated rings. The molecule has 0 aromatic heterocycles. The Bertz CT molecular complexity index is 1010. The summed E-state index contributed by atoms with van der Waals surface area (Å²) < 4.78 is 0. The van der Waals surface area contributed by atoms with E-state index in [2.05, 4.69) is 20.8 Å². The first kappa shape index (κ1) is 19.9. The highest BCUT2D eigenvalue weighted by atomic mass is 16.2. The summed E-state index contributed by atoms with van der Waals surface area (Å²) in [5.74, 6) is 0.0157. The van der Waals surface area contributed by atoms with Gasteiger partial charge in [-0.1, -0.05) is 35.9 Å². The molecule has 0 heterocycles. The molecule has 3 rings (SSSR count). The van der Waals surface area contributed by atoms with Gasteiger partial charge in [0.15, 0.2) is 0 Å². The molecule has 1 amide bonds. The van der Waals surface area contributed by atoms with Crippen molar-refractivity contribution in [3.8, 4) is 0 Å². The van der Waals surface area contributed by atoms with Gasteiger partial charge in [0.05, 0.1) is 5.69 Å². The van der Waals surface area contributed by atoms with Crippen LogP contribution in [0.1, 0.15) is 21.5 Å². The Hall–Kier alpha value is -3.80. The fourth-order valence-corrected chi connectivity index (χ4v) is 2.53. The summed E-state index contributed by atoms with van der Waals surface area (Å²) in [4.78, 5) is 14.4. The molecule has 6 nitrogen and oxygen atoms in total. The van der Waals surface area contributed by atoms with E-state index in [9.17, 15) is 4.79 Å². The number of anilines is 1. The summed E-state index contributed by atoms with van der Waals surface area (Å²) in [5, 5.41) is 12.7. The van der Waals surface area contributed by atoms with Crippen LogP contribution in [0.3, 0.4) is 0 Å². The van der Waals surface area contributed by atoms with E-state index in [0.29, 0.717) is 17.1 Å². The number of amidine groups is 1. The molecule has 146 valence electrons. The zero-order valence-electron chi connectivity index (χ0n) is 16.7. The summed E-state index contributed by atoms with van der Waals surface area (Å²) >= 11 is 0. The van der Waals surface area contributed by atoms with Gasteiger partial charge in [0, 0.05) is 30.9 Å². The van der Waals surface area contributed by atoms with Crippen LogP contribution in [0.2, 0.25) is 0 Å². The third-order valence-electron chi connectivity index (χ3n) is 4.24. The Balaban J connectivity index is 1.86. The fraction of sp³-hybridized carbons (Fsp3) is 0.130. The Morgan fingerprint density at radius 3 is 2.07 bits per heavy atom. The van der Waals surface area contributed by atoms with Gasteiger partial charge >= 0.3 is 0 Å². The van der Waals surface area contributed by atoms with Gasteiger partial charge in [-0.25, -0.2) is 5.43 Å². The molecule has 0 bridgehead atoms. The van der Waals surface area contributed by atoms with E-state index in [4.69, 9.17) is 0 Å². The minimum atomic E-state index is -0.303. The molecule has 3 aromatic carbocycles. The van der Waals surface area contributed by atoms with Gasteiger partial charge in [0.2, 0.25) is 5.84 Å². The van der Waals surface area contributed by atoms with Crippen molar-refractivity contribution in [3.63, 3.8) is 0 Å². The van der Waals surface area contributed by atoms with Crippen molar-refractivity contribution < 1.29 is 4.79 Å². The van der Waals surface area contributed by atoms with Gasteiger partial charge in [-0.15, -0.1) is 15.3 Å². The maximum Gasteiger partial charge on any atom is 0.271 e. The predicted molar refractivity (Wildman–Crippen MR) is 117 cm³/mol. The van der Waals surface area contributed by atoms with Crippen molar-refractivity contribution in [2.45, 2.75) is 6.92 Å². The number of hydrogen-bond acceptors (Lipinski definition) is 4. The molecule has 0 saturated carbocycles. The number of hydrazone groups is 1. The van der Waals surface area contributed by atoms with Crippen LogP contribution >= 0.6 is 0 Å². The van der Waals surface area contributed by atoms with E-state index in [1.54, 1.807) is 12.1 Å². The quantitative estimate of drug-likeness (QED) is 0.293. The second-order valence-corrected chi connectivity index (χ2v) is 6.72. The van der Waals surface area contributed by atoms with Crippen LogP contribution in [-0.4, -0.2) is 25.8 Å². The minimum absolute atomic E-state index is 0.303. The van der Waals surface area contributed by atoms with Crippen LogP contribution in [0.15, 0.2) is 94.2 Å². The Kier molecular flexibility index (Phi) is 6.47. The first-order valence-electron chi connectivity index (χ1n) is 9.22. The third kappa shape index (κ3) is 5.59. The van der Waals surface area contributed by atoms with Gasteiger partial charge in [-0.2, -0.15) is 0 Å². The topological polar surface area (TPSA) is 69.4 Å². The molecule has 0 saturated heterocycles. The number of carbonyl (C=O) groups is 1. The number of nitrogens with one attached hydrogen (secondary N) is 1. The monoisotopic (exact) mass is 385 g/mol. The maximum atomic E-state index is 12.4. The molecule has 3 aromatic rings. The molecular weight excluding hydrogens is 362 g/mol. The number of carbonyl (C=O) groups excluding carboxylic acids is 1. The van der Waals surface area contributed by atoms with Crippen molar-refractivity contribution in [1.29, 1.82) is 0 Å². The smallest absolute Gasteiger partial charge is 0.271 e. The first-order chi connectivity index (χ1) is 14.0.